The summed E-state index contributed by atoms with van der Waals surface area (Å²) in [6, 6.07) is 1.53. The molecule has 1 aliphatic carbocycles. The van der Waals surface area contributed by atoms with Crippen LogP contribution in [0.1, 0.15) is 46.0 Å². The maximum Gasteiger partial charge on any atom is 0.0194 e. The lowest BCUT2D eigenvalue weighted by atomic mass is 9.99. The van der Waals surface area contributed by atoms with Gasteiger partial charge in [0.05, 0.1) is 0 Å². The minimum absolute atomic E-state index is 0.728. The van der Waals surface area contributed by atoms with E-state index in [2.05, 4.69) is 36.0 Å². The minimum atomic E-state index is 0.728. The Hall–Kier alpha value is -0.120. The Morgan fingerprint density at radius 2 is 2.00 bits per heavy atom. The molecular formula is C16H33N3. The van der Waals surface area contributed by atoms with Gasteiger partial charge in [0.15, 0.2) is 0 Å². The Labute approximate surface area is 119 Å². The molecule has 0 aromatic carbocycles. The first-order chi connectivity index (χ1) is 9.20. The molecule has 1 N–H and O–H groups in total. The first-order valence-electron chi connectivity index (χ1n) is 8.36. The summed E-state index contributed by atoms with van der Waals surface area (Å²) < 4.78 is 0. The predicted octanol–water partition coefficient (Wildman–Crippen LogP) is 2.18. The lowest BCUT2D eigenvalue weighted by Gasteiger charge is -2.30. The van der Waals surface area contributed by atoms with E-state index in [1.54, 1.807) is 0 Å². The smallest absolute Gasteiger partial charge is 0.0194 e. The van der Waals surface area contributed by atoms with Gasteiger partial charge >= 0.3 is 0 Å². The molecule has 1 aliphatic heterocycles. The van der Waals surface area contributed by atoms with Gasteiger partial charge < -0.3 is 10.2 Å². The third kappa shape index (κ3) is 4.44. The van der Waals surface area contributed by atoms with E-state index >= 15 is 0 Å². The highest BCUT2D eigenvalue weighted by atomic mass is 15.2. The van der Waals surface area contributed by atoms with Crippen LogP contribution in [0, 0.1) is 5.92 Å². The summed E-state index contributed by atoms with van der Waals surface area (Å²) in [4.78, 5) is 5.21. The van der Waals surface area contributed by atoms with E-state index in [1.807, 2.05) is 0 Å². The lowest BCUT2D eigenvalue weighted by Crippen LogP contribution is -2.40. The molecule has 1 saturated heterocycles. The Morgan fingerprint density at radius 1 is 1.16 bits per heavy atom. The largest absolute Gasteiger partial charge is 0.314 e. The molecule has 3 unspecified atom stereocenters. The number of likely N-dealkylation sites (N-methyl/N-ethyl adjacent to an activating group) is 1. The summed E-state index contributed by atoms with van der Waals surface area (Å²) in [6.45, 7) is 10.9. The molecule has 2 aliphatic rings. The van der Waals surface area contributed by atoms with Gasteiger partial charge in [-0.3, -0.25) is 4.90 Å². The number of nitrogens with zero attached hydrogens (tertiary/aromatic N) is 2. The van der Waals surface area contributed by atoms with E-state index in [0.717, 1.165) is 24.5 Å². The molecule has 0 spiro atoms. The topological polar surface area (TPSA) is 18.5 Å². The van der Waals surface area contributed by atoms with Gasteiger partial charge in [0.2, 0.25) is 0 Å². The molecule has 112 valence electrons. The standard InChI is InChI=1S/C16H33N3/c1-4-17-16-8-5-7-15(16)9-12-19-11-6-10-18(3)13-14(19)2/h14-17H,4-13H2,1-3H3. The van der Waals surface area contributed by atoms with Gasteiger partial charge in [0.1, 0.15) is 0 Å². The molecule has 1 heterocycles. The molecule has 2 fully saturated rings. The maximum atomic E-state index is 3.69. The summed E-state index contributed by atoms with van der Waals surface area (Å²) >= 11 is 0. The molecule has 0 radical (unpaired) electrons. The van der Waals surface area contributed by atoms with E-state index in [9.17, 15) is 0 Å². The molecule has 0 bridgehead atoms. The Kier molecular flexibility index (Phi) is 6.11. The van der Waals surface area contributed by atoms with Gasteiger partial charge in [-0.25, -0.2) is 0 Å². The maximum absolute atomic E-state index is 3.69. The zero-order valence-corrected chi connectivity index (χ0v) is 13.2. The van der Waals surface area contributed by atoms with Crippen LogP contribution in [-0.4, -0.2) is 61.7 Å². The predicted molar refractivity (Wildman–Crippen MR) is 82.6 cm³/mol. The van der Waals surface area contributed by atoms with Gasteiger partial charge in [0, 0.05) is 18.6 Å². The van der Waals surface area contributed by atoms with Gasteiger partial charge in [-0.05, 0) is 71.8 Å². The van der Waals surface area contributed by atoms with Crippen LogP contribution in [-0.2, 0) is 0 Å². The first kappa shape index (κ1) is 15.3. The molecule has 19 heavy (non-hydrogen) atoms. The Morgan fingerprint density at radius 3 is 2.79 bits per heavy atom. The summed E-state index contributed by atoms with van der Waals surface area (Å²) in [5, 5.41) is 3.69. The van der Waals surface area contributed by atoms with E-state index in [0.29, 0.717) is 0 Å². The highest BCUT2D eigenvalue weighted by Crippen LogP contribution is 2.29. The summed E-state index contributed by atoms with van der Waals surface area (Å²) in [7, 11) is 2.26. The van der Waals surface area contributed by atoms with E-state index in [-0.39, 0.29) is 0 Å². The third-order valence-electron chi connectivity index (χ3n) is 5.10. The summed E-state index contributed by atoms with van der Waals surface area (Å²) in [6.07, 6.45) is 7.01. The van der Waals surface area contributed by atoms with Crippen molar-refractivity contribution in [2.24, 2.45) is 5.92 Å². The van der Waals surface area contributed by atoms with Crippen molar-refractivity contribution in [1.82, 2.24) is 15.1 Å². The molecule has 0 amide bonds. The van der Waals surface area contributed by atoms with Gasteiger partial charge in [-0.15, -0.1) is 0 Å². The van der Waals surface area contributed by atoms with E-state index < -0.39 is 0 Å². The number of hydrogen-bond acceptors (Lipinski definition) is 3. The van der Waals surface area contributed by atoms with Crippen LogP contribution in [0.25, 0.3) is 0 Å². The van der Waals surface area contributed by atoms with Crippen LogP contribution >= 0.6 is 0 Å². The van der Waals surface area contributed by atoms with Crippen LogP contribution in [0.15, 0.2) is 0 Å². The SMILES string of the molecule is CCNC1CCCC1CCN1CCCN(C)CC1C. The van der Waals surface area contributed by atoms with Crippen molar-refractivity contribution in [3.8, 4) is 0 Å². The number of hydrogen-bond donors (Lipinski definition) is 1. The van der Waals surface area contributed by atoms with Crippen LogP contribution < -0.4 is 5.32 Å². The summed E-state index contributed by atoms with van der Waals surface area (Å²) in [5.74, 6) is 0.924. The van der Waals surface area contributed by atoms with Gasteiger partial charge in [0.25, 0.3) is 0 Å². The van der Waals surface area contributed by atoms with Crippen molar-refractivity contribution in [3.05, 3.63) is 0 Å². The zero-order valence-electron chi connectivity index (χ0n) is 13.2. The molecule has 3 nitrogen and oxygen atoms in total. The zero-order chi connectivity index (χ0) is 13.7. The first-order valence-corrected chi connectivity index (χ1v) is 8.36. The molecule has 3 heteroatoms. The average Bonchev–Trinajstić information content (AvgIpc) is 2.74. The second-order valence-corrected chi connectivity index (χ2v) is 6.64. The highest BCUT2D eigenvalue weighted by molar-refractivity contribution is 4.84. The molecule has 1 saturated carbocycles. The number of rotatable bonds is 5. The number of nitrogens with one attached hydrogen (secondary N) is 1. The molecular weight excluding hydrogens is 234 g/mol. The quantitative estimate of drug-likeness (QED) is 0.824. The fraction of sp³-hybridized carbons (Fsp3) is 1.00. The monoisotopic (exact) mass is 267 g/mol. The van der Waals surface area contributed by atoms with Crippen molar-refractivity contribution in [2.45, 2.75) is 58.0 Å². The fourth-order valence-corrected chi connectivity index (χ4v) is 4.00. The van der Waals surface area contributed by atoms with Crippen molar-refractivity contribution in [2.75, 3.05) is 39.8 Å². The third-order valence-corrected chi connectivity index (χ3v) is 5.10. The minimum Gasteiger partial charge on any atom is -0.314 e. The van der Waals surface area contributed by atoms with Crippen molar-refractivity contribution < 1.29 is 0 Å². The Bertz CT molecular complexity index is 256. The molecule has 0 aromatic rings. The molecule has 2 rings (SSSR count). The Balaban J connectivity index is 1.77. The lowest BCUT2D eigenvalue weighted by molar-refractivity contribution is 0.185. The highest BCUT2D eigenvalue weighted by Gasteiger charge is 2.27. The molecule has 3 atom stereocenters. The van der Waals surface area contributed by atoms with Crippen LogP contribution in [0.2, 0.25) is 0 Å². The second kappa shape index (κ2) is 7.61. The van der Waals surface area contributed by atoms with Crippen molar-refractivity contribution in [1.29, 1.82) is 0 Å². The van der Waals surface area contributed by atoms with Crippen LogP contribution in [0.3, 0.4) is 0 Å². The second-order valence-electron chi connectivity index (χ2n) is 6.64. The van der Waals surface area contributed by atoms with E-state index in [4.69, 9.17) is 0 Å². The fourth-order valence-electron chi connectivity index (χ4n) is 4.00. The van der Waals surface area contributed by atoms with Crippen molar-refractivity contribution in [3.63, 3.8) is 0 Å². The van der Waals surface area contributed by atoms with Crippen molar-refractivity contribution >= 4 is 0 Å². The van der Waals surface area contributed by atoms with Gasteiger partial charge in [-0.2, -0.15) is 0 Å². The van der Waals surface area contributed by atoms with Crippen LogP contribution in [0.4, 0.5) is 0 Å². The summed E-state index contributed by atoms with van der Waals surface area (Å²) in [5.41, 5.74) is 0. The average molecular weight is 267 g/mol. The van der Waals surface area contributed by atoms with Crippen LogP contribution in [0.5, 0.6) is 0 Å². The van der Waals surface area contributed by atoms with Gasteiger partial charge in [-0.1, -0.05) is 13.3 Å². The molecule has 0 aromatic heterocycles. The normalized spacial score (nSPS) is 34.6. The van der Waals surface area contributed by atoms with E-state index in [1.165, 1.54) is 58.3 Å².